The zero-order valence-corrected chi connectivity index (χ0v) is 7.78. The molecule has 1 aromatic heterocycles. The zero-order chi connectivity index (χ0) is 9.80. The second-order valence-corrected chi connectivity index (χ2v) is 3.25. The summed E-state index contributed by atoms with van der Waals surface area (Å²) in [5.41, 5.74) is 0. The summed E-state index contributed by atoms with van der Waals surface area (Å²) in [4.78, 5) is 3.51. The van der Waals surface area contributed by atoms with E-state index < -0.39 is 5.95 Å². The van der Waals surface area contributed by atoms with E-state index in [1.54, 1.807) is 12.1 Å². The first-order valence-electron chi connectivity index (χ1n) is 4.71. The van der Waals surface area contributed by atoms with E-state index in [1.165, 1.54) is 6.20 Å². The summed E-state index contributed by atoms with van der Waals surface area (Å²) in [7, 11) is 0. The molecule has 1 atom stereocenters. The van der Waals surface area contributed by atoms with Gasteiger partial charge in [0.15, 0.2) is 5.75 Å². The number of hydrogen-bond donors (Lipinski definition) is 0. The first-order valence-corrected chi connectivity index (χ1v) is 4.71. The molecule has 1 saturated heterocycles. The first-order chi connectivity index (χ1) is 6.86. The van der Waals surface area contributed by atoms with Gasteiger partial charge in [0.1, 0.15) is 6.10 Å². The van der Waals surface area contributed by atoms with E-state index in [4.69, 9.17) is 9.47 Å². The maximum atomic E-state index is 13.1. The summed E-state index contributed by atoms with van der Waals surface area (Å²) in [5, 5.41) is 0. The molecule has 1 aromatic rings. The third kappa shape index (κ3) is 2.20. The van der Waals surface area contributed by atoms with Gasteiger partial charge < -0.3 is 9.47 Å². The maximum Gasteiger partial charge on any atom is 0.255 e. The molecule has 3 nitrogen and oxygen atoms in total. The van der Waals surface area contributed by atoms with Crippen molar-refractivity contribution in [3.05, 3.63) is 24.3 Å². The van der Waals surface area contributed by atoms with Gasteiger partial charge in [0.2, 0.25) is 0 Å². The Morgan fingerprint density at radius 3 is 3.21 bits per heavy atom. The number of halogens is 1. The molecule has 0 amide bonds. The molecule has 1 unspecified atom stereocenters. The molecule has 1 aliphatic rings. The molecule has 2 rings (SSSR count). The van der Waals surface area contributed by atoms with Crippen molar-refractivity contribution in [2.24, 2.45) is 0 Å². The monoisotopic (exact) mass is 197 g/mol. The number of aromatic nitrogens is 1. The maximum absolute atomic E-state index is 13.1. The Balaban J connectivity index is 1.99. The molecule has 0 aliphatic carbocycles. The standard InChI is InChI=1S/C10H12FNO2/c11-10-9(4-1-5-12-10)14-8-3-2-6-13-7-8/h1,4-5,8H,2-3,6-7H2. The lowest BCUT2D eigenvalue weighted by molar-refractivity contribution is 0.00554. The molecule has 0 spiro atoms. The van der Waals surface area contributed by atoms with Crippen molar-refractivity contribution in [2.45, 2.75) is 18.9 Å². The summed E-state index contributed by atoms with van der Waals surface area (Å²) in [6.07, 6.45) is 3.24. The topological polar surface area (TPSA) is 31.4 Å². The molecule has 0 radical (unpaired) electrons. The number of hydrogen-bond acceptors (Lipinski definition) is 3. The van der Waals surface area contributed by atoms with Crippen LogP contribution in [0.25, 0.3) is 0 Å². The predicted octanol–water partition coefficient (Wildman–Crippen LogP) is 1.78. The molecule has 1 aliphatic heterocycles. The van der Waals surface area contributed by atoms with E-state index in [-0.39, 0.29) is 11.9 Å². The fraction of sp³-hybridized carbons (Fsp3) is 0.500. The number of rotatable bonds is 2. The smallest absolute Gasteiger partial charge is 0.255 e. The highest BCUT2D eigenvalue weighted by Crippen LogP contribution is 2.18. The molecule has 0 N–H and O–H groups in total. The summed E-state index contributed by atoms with van der Waals surface area (Å²) in [6.45, 7) is 1.31. The molecule has 76 valence electrons. The lowest BCUT2D eigenvalue weighted by atomic mass is 10.2. The Morgan fingerprint density at radius 1 is 1.57 bits per heavy atom. The summed E-state index contributed by atoms with van der Waals surface area (Å²) in [6, 6.07) is 3.24. The SMILES string of the molecule is Fc1ncccc1OC1CCCOC1. The van der Waals surface area contributed by atoms with Gasteiger partial charge in [-0.3, -0.25) is 0 Å². The van der Waals surface area contributed by atoms with Crippen LogP contribution in [-0.4, -0.2) is 24.3 Å². The van der Waals surface area contributed by atoms with Crippen LogP contribution in [0.3, 0.4) is 0 Å². The Morgan fingerprint density at radius 2 is 2.50 bits per heavy atom. The molecule has 0 aromatic carbocycles. The van der Waals surface area contributed by atoms with Gasteiger partial charge in [0.25, 0.3) is 5.95 Å². The van der Waals surface area contributed by atoms with Gasteiger partial charge in [-0.15, -0.1) is 0 Å². The van der Waals surface area contributed by atoms with Crippen LogP contribution in [0.5, 0.6) is 5.75 Å². The van der Waals surface area contributed by atoms with Crippen molar-refractivity contribution in [3.8, 4) is 5.75 Å². The van der Waals surface area contributed by atoms with Crippen LogP contribution in [0.15, 0.2) is 18.3 Å². The zero-order valence-electron chi connectivity index (χ0n) is 7.78. The van der Waals surface area contributed by atoms with Crippen molar-refractivity contribution >= 4 is 0 Å². The van der Waals surface area contributed by atoms with E-state index in [9.17, 15) is 4.39 Å². The van der Waals surface area contributed by atoms with Crippen molar-refractivity contribution in [2.75, 3.05) is 13.2 Å². The Hall–Kier alpha value is -1.16. The number of nitrogens with zero attached hydrogens (tertiary/aromatic N) is 1. The molecular formula is C10H12FNO2. The highest BCUT2D eigenvalue weighted by atomic mass is 19.1. The minimum Gasteiger partial charge on any atom is -0.483 e. The summed E-state index contributed by atoms with van der Waals surface area (Å²) < 4.78 is 23.7. The molecule has 4 heteroatoms. The minimum atomic E-state index is -0.557. The summed E-state index contributed by atoms with van der Waals surface area (Å²) >= 11 is 0. The fourth-order valence-corrected chi connectivity index (χ4v) is 1.44. The minimum absolute atomic E-state index is 0.0394. The van der Waals surface area contributed by atoms with Crippen molar-refractivity contribution < 1.29 is 13.9 Å². The van der Waals surface area contributed by atoms with Crippen LogP contribution in [0.2, 0.25) is 0 Å². The lowest BCUT2D eigenvalue weighted by Gasteiger charge is -2.23. The van der Waals surface area contributed by atoms with Crippen LogP contribution >= 0.6 is 0 Å². The van der Waals surface area contributed by atoms with Crippen LogP contribution in [-0.2, 0) is 4.74 Å². The Labute approximate surface area is 81.9 Å². The average molecular weight is 197 g/mol. The highest BCUT2D eigenvalue weighted by Gasteiger charge is 2.16. The van der Waals surface area contributed by atoms with Crippen LogP contribution in [0.1, 0.15) is 12.8 Å². The van der Waals surface area contributed by atoms with Gasteiger partial charge >= 0.3 is 0 Å². The van der Waals surface area contributed by atoms with E-state index in [0.717, 1.165) is 19.4 Å². The van der Waals surface area contributed by atoms with Gasteiger partial charge in [-0.1, -0.05) is 0 Å². The summed E-state index contributed by atoms with van der Waals surface area (Å²) in [5.74, 6) is -0.346. The fourth-order valence-electron chi connectivity index (χ4n) is 1.44. The second-order valence-electron chi connectivity index (χ2n) is 3.25. The molecule has 1 fully saturated rings. The van der Waals surface area contributed by atoms with Crippen molar-refractivity contribution in [3.63, 3.8) is 0 Å². The Bertz CT molecular complexity index is 300. The largest absolute Gasteiger partial charge is 0.483 e. The molecule has 2 heterocycles. The first kappa shape index (κ1) is 9.40. The van der Waals surface area contributed by atoms with E-state index in [2.05, 4.69) is 4.98 Å². The van der Waals surface area contributed by atoms with Gasteiger partial charge in [0.05, 0.1) is 6.61 Å². The quantitative estimate of drug-likeness (QED) is 0.677. The van der Waals surface area contributed by atoms with Gasteiger partial charge in [-0.05, 0) is 25.0 Å². The van der Waals surface area contributed by atoms with Gasteiger partial charge in [-0.25, -0.2) is 4.98 Å². The third-order valence-corrected chi connectivity index (χ3v) is 2.14. The second kappa shape index (κ2) is 4.37. The van der Waals surface area contributed by atoms with E-state index >= 15 is 0 Å². The Kier molecular flexibility index (Phi) is 2.93. The van der Waals surface area contributed by atoms with E-state index in [0.29, 0.717) is 6.61 Å². The average Bonchev–Trinajstić information content (AvgIpc) is 2.23. The number of ether oxygens (including phenoxy) is 2. The lowest BCUT2D eigenvalue weighted by Crippen LogP contribution is -2.28. The van der Waals surface area contributed by atoms with Gasteiger partial charge in [-0.2, -0.15) is 4.39 Å². The number of pyridine rings is 1. The molecular weight excluding hydrogens is 185 g/mol. The normalized spacial score (nSPS) is 21.9. The third-order valence-electron chi connectivity index (χ3n) is 2.14. The molecule has 14 heavy (non-hydrogen) atoms. The van der Waals surface area contributed by atoms with Crippen LogP contribution < -0.4 is 4.74 Å². The molecule has 0 bridgehead atoms. The molecule has 0 saturated carbocycles. The predicted molar refractivity (Wildman–Crippen MR) is 48.7 cm³/mol. The highest BCUT2D eigenvalue weighted by molar-refractivity contribution is 5.18. The van der Waals surface area contributed by atoms with Crippen LogP contribution in [0.4, 0.5) is 4.39 Å². The van der Waals surface area contributed by atoms with Crippen molar-refractivity contribution in [1.82, 2.24) is 4.98 Å². The van der Waals surface area contributed by atoms with Crippen LogP contribution in [0, 0.1) is 5.95 Å². The van der Waals surface area contributed by atoms with Gasteiger partial charge in [0, 0.05) is 12.8 Å². The van der Waals surface area contributed by atoms with Crippen molar-refractivity contribution in [1.29, 1.82) is 0 Å². The van der Waals surface area contributed by atoms with E-state index in [1.807, 2.05) is 0 Å².